The lowest BCUT2D eigenvalue weighted by Crippen LogP contribution is -2.05. The van der Waals surface area contributed by atoms with E-state index in [1.54, 1.807) is 6.07 Å². The molecule has 6 heteroatoms. The van der Waals surface area contributed by atoms with Crippen LogP contribution in [0.25, 0.3) is 0 Å². The van der Waals surface area contributed by atoms with Gasteiger partial charge in [-0.2, -0.15) is 0 Å². The molecule has 0 aliphatic heterocycles. The summed E-state index contributed by atoms with van der Waals surface area (Å²) in [4.78, 5) is 11.4. The van der Waals surface area contributed by atoms with Crippen LogP contribution in [0.1, 0.15) is 15.9 Å². The van der Waals surface area contributed by atoms with Crippen molar-refractivity contribution >= 4 is 23.3 Å². The van der Waals surface area contributed by atoms with Crippen LogP contribution in [-0.2, 0) is 11.3 Å². The van der Waals surface area contributed by atoms with Gasteiger partial charge in [0.15, 0.2) is 11.6 Å². The molecule has 0 radical (unpaired) electrons. The Morgan fingerprint density at radius 3 is 2.62 bits per heavy atom. The van der Waals surface area contributed by atoms with Gasteiger partial charge in [0.25, 0.3) is 0 Å². The van der Waals surface area contributed by atoms with Crippen molar-refractivity contribution in [3.05, 3.63) is 64.2 Å². The highest BCUT2D eigenvalue weighted by molar-refractivity contribution is 6.33. The summed E-state index contributed by atoms with van der Waals surface area (Å²) in [5.41, 5.74) is 1.40. The second-order valence-corrected chi connectivity index (χ2v) is 4.70. The van der Waals surface area contributed by atoms with E-state index in [0.29, 0.717) is 21.8 Å². The first kappa shape index (κ1) is 15.3. The molecule has 21 heavy (non-hydrogen) atoms. The molecular weight excluding hydrogens is 300 g/mol. The van der Waals surface area contributed by atoms with Crippen LogP contribution in [0.3, 0.4) is 0 Å². The van der Waals surface area contributed by atoms with Crippen molar-refractivity contribution < 1.29 is 18.3 Å². The molecule has 0 aromatic heterocycles. The van der Waals surface area contributed by atoms with Crippen LogP contribution in [0.2, 0.25) is 5.02 Å². The zero-order valence-corrected chi connectivity index (χ0v) is 11.9. The summed E-state index contributed by atoms with van der Waals surface area (Å²) in [6.45, 7) is 0.238. The number of hydrogen-bond acceptors (Lipinski definition) is 3. The Bertz CT molecular complexity index is 677. The minimum absolute atomic E-state index is 0.238. The minimum atomic E-state index is -0.913. The first-order valence-electron chi connectivity index (χ1n) is 6.07. The van der Waals surface area contributed by atoms with Crippen molar-refractivity contribution in [1.29, 1.82) is 0 Å². The number of halogens is 3. The number of carbonyl (C=O) groups is 1. The van der Waals surface area contributed by atoms with Crippen molar-refractivity contribution in [3.63, 3.8) is 0 Å². The molecule has 0 fully saturated rings. The van der Waals surface area contributed by atoms with Crippen LogP contribution in [0, 0.1) is 11.6 Å². The number of ether oxygens (including phenoxy) is 1. The maximum atomic E-state index is 13.1. The second-order valence-electron chi connectivity index (χ2n) is 4.29. The van der Waals surface area contributed by atoms with Crippen molar-refractivity contribution in [2.24, 2.45) is 0 Å². The average molecular weight is 312 g/mol. The molecule has 0 saturated carbocycles. The summed E-state index contributed by atoms with van der Waals surface area (Å²) in [5.74, 6) is -2.30. The number of benzene rings is 2. The van der Waals surface area contributed by atoms with Crippen molar-refractivity contribution in [2.45, 2.75) is 6.54 Å². The van der Waals surface area contributed by atoms with Crippen LogP contribution in [0.4, 0.5) is 14.5 Å². The molecule has 2 aromatic carbocycles. The maximum Gasteiger partial charge on any atom is 0.337 e. The highest BCUT2D eigenvalue weighted by Gasteiger charge is 2.09. The summed E-state index contributed by atoms with van der Waals surface area (Å²) < 4.78 is 30.6. The third-order valence-electron chi connectivity index (χ3n) is 2.85. The predicted molar refractivity (Wildman–Crippen MR) is 76.5 cm³/mol. The van der Waals surface area contributed by atoms with E-state index in [1.807, 2.05) is 0 Å². The number of hydrogen-bond donors (Lipinski definition) is 1. The monoisotopic (exact) mass is 311 g/mol. The van der Waals surface area contributed by atoms with E-state index in [4.69, 9.17) is 11.6 Å². The van der Waals surface area contributed by atoms with Crippen molar-refractivity contribution in [1.82, 2.24) is 0 Å². The Morgan fingerprint density at radius 1 is 1.19 bits per heavy atom. The Hall–Kier alpha value is -2.14. The highest BCUT2D eigenvalue weighted by atomic mass is 35.5. The Morgan fingerprint density at radius 2 is 1.95 bits per heavy atom. The van der Waals surface area contributed by atoms with Crippen LogP contribution >= 0.6 is 11.6 Å². The van der Waals surface area contributed by atoms with E-state index in [9.17, 15) is 13.6 Å². The third-order valence-corrected chi connectivity index (χ3v) is 3.18. The topological polar surface area (TPSA) is 38.3 Å². The Balaban J connectivity index is 2.15. The molecule has 3 nitrogen and oxygen atoms in total. The molecule has 2 rings (SSSR count). The quantitative estimate of drug-likeness (QED) is 0.867. The number of esters is 1. The lowest BCUT2D eigenvalue weighted by atomic mass is 10.1. The first-order valence-corrected chi connectivity index (χ1v) is 6.44. The number of carbonyl (C=O) groups excluding carboxylic acids is 1. The molecule has 0 spiro atoms. The maximum absolute atomic E-state index is 13.1. The van der Waals surface area contributed by atoms with Gasteiger partial charge in [-0.3, -0.25) is 0 Å². The highest BCUT2D eigenvalue weighted by Crippen LogP contribution is 2.24. The fourth-order valence-electron chi connectivity index (χ4n) is 1.75. The SMILES string of the molecule is COC(=O)c1ccc(Cl)c(NCc2ccc(F)c(F)c2)c1. The standard InChI is InChI=1S/C15H12ClF2NO2/c1-21-15(20)10-3-4-11(16)14(7-10)19-8-9-2-5-12(17)13(18)6-9/h2-7,19H,8H2,1H3. The Labute approximate surface area is 125 Å². The first-order chi connectivity index (χ1) is 10.0. The van der Waals surface area contributed by atoms with Gasteiger partial charge in [0.05, 0.1) is 23.4 Å². The number of methoxy groups -OCH3 is 1. The average Bonchev–Trinajstić information content (AvgIpc) is 2.49. The summed E-state index contributed by atoms with van der Waals surface area (Å²) in [7, 11) is 1.28. The number of rotatable bonds is 4. The van der Waals surface area contributed by atoms with E-state index >= 15 is 0 Å². The minimum Gasteiger partial charge on any atom is -0.465 e. The molecule has 0 aliphatic rings. The van der Waals surface area contributed by atoms with Crippen LogP contribution < -0.4 is 5.32 Å². The smallest absolute Gasteiger partial charge is 0.337 e. The van der Waals surface area contributed by atoms with Crippen molar-refractivity contribution in [2.75, 3.05) is 12.4 Å². The van der Waals surface area contributed by atoms with Gasteiger partial charge in [-0.25, -0.2) is 13.6 Å². The molecule has 0 bridgehead atoms. The van der Waals surface area contributed by atoms with E-state index in [2.05, 4.69) is 10.1 Å². The van der Waals surface area contributed by atoms with E-state index in [0.717, 1.165) is 12.1 Å². The fourth-order valence-corrected chi connectivity index (χ4v) is 1.94. The molecule has 2 aromatic rings. The van der Waals surface area contributed by atoms with Crippen LogP contribution in [0.15, 0.2) is 36.4 Å². The second kappa shape index (κ2) is 6.54. The molecule has 0 saturated heterocycles. The van der Waals surface area contributed by atoms with Gasteiger partial charge in [-0.1, -0.05) is 17.7 Å². The predicted octanol–water partition coefficient (Wildman–Crippen LogP) is 4.02. The normalized spacial score (nSPS) is 10.3. The lowest BCUT2D eigenvalue weighted by Gasteiger charge is -2.10. The molecule has 0 amide bonds. The molecule has 0 heterocycles. The number of anilines is 1. The van der Waals surface area contributed by atoms with Crippen LogP contribution in [-0.4, -0.2) is 13.1 Å². The van der Waals surface area contributed by atoms with Gasteiger partial charge in [-0.05, 0) is 35.9 Å². The number of nitrogens with one attached hydrogen (secondary N) is 1. The molecule has 110 valence electrons. The zero-order valence-electron chi connectivity index (χ0n) is 11.1. The van der Waals surface area contributed by atoms with E-state index in [1.165, 1.54) is 25.3 Å². The molecule has 0 aliphatic carbocycles. The van der Waals surface area contributed by atoms with Crippen molar-refractivity contribution in [3.8, 4) is 0 Å². The fraction of sp³-hybridized carbons (Fsp3) is 0.133. The largest absolute Gasteiger partial charge is 0.465 e. The van der Waals surface area contributed by atoms with Gasteiger partial charge in [0.1, 0.15) is 0 Å². The zero-order chi connectivity index (χ0) is 15.4. The van der Waals surface area contributed by atoms with Gasteiger partial charge < -0.3 is 10.1 Å². The molecule has 0 unspecified atom stereocenters. The molecule has 1 N–H and O–H groups in total. The summed E-state index contributed by atoms with van der Waals surface area (Å²) >= 11 is 6.02. The van der Waals surface area contributed by atoms with Gasteiger partial charge >= 0.3 is 5.97 Å². The summed E-state index contributed by atoms with van der Waals surface area (Å²) in [6, 6.07) is 8.25. The van der Waals surface area contributed by atoms with E-state index < -0.39 is 17.6 Å². The summed E-state index contributed by atoms with van der Waals surface area (Å²) in [5, 5.41) is 3.37. The summed E-state index contributed by atoms with van der Waals surface area (Å²) in [6.07, 6.45) is 0. The lowest BCUT2D eigenvalue weighted by molar-refractivity contribution is 0.0601. The van der Waals surface area contributed by atoms with Gasteiger partial charge in [0, 0.05) is 6.54 Å². The third kappa shape index (κ3) is 3.70. The van der Waals surface area contributed by atoms with Gasteiger partial charge in [-0.15, -0.1) is 0 Å². The van der Waals surface area contributed by atoms with E-state index in [-0.39, 0.29) is 6.54 Å². The molecule has 0 atom stereocenters. The van der Waals surface area contributed by atoms with Gasteiger partial charge in [0.2, 0.25) is 0 Å². The molecular formula is C15H12ClF2NO2. The van der Waals surface area contributed by atoms with Crippen LogP contribution in [0.5, 0.6) is 0 Å². The Kier molecular flexibility index (Phi) is 4.75.